The van der Waals surface area contributed by atoms with Gasteiger partial charge in [-0.2, -0.15) is 4.31 Å². The highest BCUT2D eigenvalue weighted by Gasteiger charge is 2.43. The molecule has 0 unspecified atom stereocenters. The fraction of sp³-hybridized carbons (Fsp3) is 0.706. The van der Waals surface area contributed by atoms with E-state index in [9.17, 15) is 13.2 Å². The van der Waals surface area contributed by atoms with Crippen LogP contribution in [0.1, 0.15) is 61.5 Å². The number of carboxylic acid groups (broad SMARTS) is 1. The molecule has 1 aliphatic rings. The zero-order chi connectivity index (χ0) is 18.5. The van der Waals surface area contributed by atoms with Crippen LogP contribution in [0.4, 0.5) is 0 Å². The summed E-state index contributed by atoms with van der Waals surface area (Å²) < 4.78 is 27.6. The van der Waals surface area contributed by atoms with Crippen molar-refractivity contribution in [1.29, 1.82) is 0 Å². The molecule has 1 aromatic heterocycles. The van der Waals surface area contributed by atoms with E-state index in [1.54, 1.807) is 14.0 Å². The van der Waals surface area contributed by atoms with Gasteiger partial charge in [0, 0.05) is 18.0 Å². The van der Waals surface area contributed by atoms with Gasteiger partial charge in [-0.05, 0) is 43.1 Å². The number of rotatable bonds is 4. The van der Waals surface area contributed by atoms with E-state index >= 15 is 0 Å². The van der Waals surface area contributed by atoms with Gasteiger partial charge in [0.15, 0.2) is 0 Å². The molecule has 1 aliphatic carbocycles. The molecule has 0 atom stereocenters. The zero-order valence-corrected chi connectivity index (χ0v) is 16.8. The maximum Gasteiger partial charge on any atom is 0.345 e. The summed E-state index contributed by atoms with van der Waals surface area (Å²) >= 11 is 1.01. The van der Waals surface area contributed by atoms with Crippen LogP contribution in [0.25, 0.3) is 0 Å². The summed E-state index contributed by atoms with van der Waals surface area (Å²) in [6.45, 7) is 10.4. The summed E-state index contributed by atoms with van der Waals surface area (Å²) in [5.74, 6) is -1.09. The fourth-order valence-electron chi connectivity index (χ4n) is 4.22. The molecule has 1 aromatic rings. The molecule has 136 valence electrons. The van der Waals surface area contributed by atoms with Crippen molar-refractivity contribution >= 4 is 27.3 Å². The van der Waals surface area contributed by atoms with E-state index < -0.39 is 16.0 Å². The summed E-state index contributed by atoms with van der Waals surface area (Å²) in [6, 6.07) is 1.20. The Bertz CT molecular complexity index is 731. The Kier molecular flexibility index (Phi) is 4.94. The Hall–Kier alpha value is -0.920. The molecule has 24 heavy (non-hydrogen) atoms. The van der Waals surface area contributed by atoms with Crippen LogP contribution in [-0.2, 0) is 10.0 Å². The normalized spacial score (nSPS) is 21.1. The molecule has 0 saturated heterocycles. The maximum atomic E-state index is 13.0. The zero-order valence-electron chi connectivity index (χ0n) is 15.2. The van der Waals surface area contributed by atoms with Gasteiger partial charge in [-0.3, -0.25) is 0 Å². The highest BCUT2D eigenvalue weighted by atomic mass is 32.2. The number of hydrogen-bond donors (Lipinski definition) is 1. The minimum atomic E-state index is -3.70. The molecule has 0 radical (unpaired) electrons. The lowest BCUT2D eigenvalue weighted by Crippen LogP contribution is -2.46. The molecule has 7 heteroatoms. The number of aromatic carboxylic acids is 1. The molecular weight excluding hydrogens is 346 g/mol. The van der Waals surface area contributed by atoms with E-state index in [2.05, 4.69) is 27.7 Å². The largest absolute Gasteiger partial charge is 0.477 e. The maximum absolute atomic E-state index is 13.0. The van der Waals surface area contributed by atoms with E-state index in [4.69, 9.17) is 5.11 Å². The first-order valence-electron chi connectivity index (χ1n) is 8.07. The van der Waals surface area contributed by atoms with Crippen LogP contribution in [0, 0.1) is 17.8 Å². The van der Waals surface area contributed by atoms with Crippen molar-refractivity contribution in [2.45, 2.75) is 64.8 Å². The lowest BCUT2D eigenvalue weighted by Gasteiger charge is -2.47. The SMILES string of the molecule is Cc1sc(C(=O)O)cc1S(=O)(=O)N(C)C1CC(C)(C)CC(C)(C)C1. The van der Waals surface area contributed by atoms with Crippen molar-refractivity contribution in [2.75, 3.05) is 7.05 Å². The quantitative estimate of drug-likeness (QED) is 0.866. The van der Waals surface area contributed by atoms with Gasteiger partial charge in [0.1, 0.15) is 4.88 Å². The van der Waals surface area contributed by atoms with Crippen LogP contribution < -0.4 is 0 Å². The molecule has 0 aliphatic heterocycles. The predicted octanol–water partition coefficient (Wildman–Crippen LogP) is 3.98. The van der Waals surface area contributed by atoms with Gasteiger partial charge in [-0.15, -0.1) is 11.3 Å². The number of nitrogens with zero attached hydrogens (tertiary/aromatic N) is 1. The van der Waals surface area contributed by atoms with E-state index in [-0.39, 0.29) is 26.6 Å². The van der Waals surface area contributed by atoms with Crippen LogP contribution in [0.3, 0.4) is 0 Å². The second kappa shape index (κ2) is 6.11. The van der Waals surface area contributed by atoms with Gasteiger partial charge in [-0.1, -0.05) is 27.7 Å². The second-order valence-electron chi connectivity index (χ2n) is 8.42. The molecule has 1 heterocycles. The Morgan fingerprint density at radius 3 is 2.17 bits per heavy atom. The van der Waals surface area contributed by atoms with Crippen molar-refractivity contribution in [1.82, 2.24) is 4.31 Å². The third kappa shape index (κ3) is 3.83. The number of carbonyl (C=O) groups is 1. The Morgan fingerprint density at radius 1 is 1.25 bits per heavy atom. The van der Waals surface area contributed by atoms with Gasteiger partial charge >= 0.3 is 5.97 Å². The average molecular weight is 374 g/mol. The van der Waals surface area contributed by atoms with Crippen molar-refractivity contribution < 1.29 is 18.3 Å². The minimum absolute atomic E-state index is 0.0591. The first-order chi connectivity index (χ1) is 10.8. The molecular formula is C17H27NO4S2. The second-order valence-corrected chi connectivity index (χ2v) is 11.6. The third-order valence-electron chi connectivity index (χ3n) is 4.79. The molecule has 1 fully saturated rings. The highest BCUT2D eigenvalue weighted by Crippen LogP contribution is 2.47. The molecule has 5 nitrogen and oxygen atoms in total. The van der Waals surface area contributed by atoms with Crippen molar-refractivity contribution in [3.63, 3.8) is 0 Å². The number of thiophene rings is 1. The summed E-state index contributed by atoms with van der Waals surface area (Å²) in [4.78, 5) is 11.8. The molecule has 0 spiro atoms. The summed E-state index contributed by atoms with van der Waals surface area (Å²) in [5, 5.41) is 9.11. The minimum Gasteiger partial charge on any atom is -0.477 e. The van der Waals surface area contributed by atoms with Crippen LogP contribution in [0.5, 0.6) is 0 Å². The number of carboxylic acids is 1. The van der Waals surface area contributed by atoms with Gasteiger partial charge in [0.2, 0.25) is 10.0 Å². The number of aryl methyl sites for hydroxylation is 1. The van der Waals surface area contributed by atoms with Gasteiger partial charge < -0.3 is 5.11 Å². The average Bonchev–Trinajstić information content (AvgIpc) is 2.77. The van der Waals surface area contributed by atoms with E-state index in [1.807, 2.05) is 0 Å². The summed E-state index contributed by atoms with van der Waals surface area (Å²) in [5.41, 5.74) is 0.151. The number of hydrogen-bond acceptors (Lipinski definition) is 4. The summed E-state index contributed by atoms with van der Waals surface area (Å²) in [6.07, 6.45) is 2.67. The highest BCUT2D eigenvalue weighted by molar-refractivity contribution is 7.89. The van der Waals surface area contributed by atoms with Gasteiger partial charge in [0.05, 0.1) is 4.90 Å². The van der Waals surface area contributed by atoms with E-state index in [1.165, 1.54) is 10.4 Å². The third-order valence-corrected chi connectivity index (χ3v) is 7.99. The van der Waals surface area contributed by atoms with Crippen LogP contribution in [0.15, 0.2) is 11.0 Å². The lowest BCUT2D eigenvalue weighted by molar-refractivity contribution is 0.0629. The molecule has 1 N–H and O–H groups in total. The Morgan fingerprint density at radius 2 is 1.75 bits per heavy atom. The predicted molar refractivity (Wildman–Crippen MR) is 96.2 cm³/mol. The van der Waals surface area contributed by atoms with Crippen molar-refractivity contribution in [2.24, 2.45) is 10.8 Å². The van der Waals surface area contributed by atoms with Gasteiger partial charge in [0.25, 0.3) is 0 Å². The Labute approximate surface area is 148 Å². The first-order valence-corrected chi connectivity index (χ1v) is 10.3. The van der Waals surface area contributed by atoms with Crippen LogP contribution in [0.2, 0.25) is 0 Å². The van der Waals surface area contributed by atoms with Crippen molar-refractivity contribution in [3.8, 4) is 0 Å². The summed E-state index contributed by atoms with van der Waals surface area (Å²) in [7, 11) is -2.08. The van der Waals surface area contributed by atoms with Gasteiger partial charge in [-0.25, -0.2) is 13.2 Å². The monoisotopic (exact) mass is 373 g/mol. The Balaban J connectivity index is 2.37. The number of sulfonamides is 1. The molecule has 1 saturated carbocycles. The molecule has 0 amide bonds. The molecule has 0 bridgehead atoms. The first kappa shape index (κ1) is 19.4. The van der Waals surface area contributed by atoms with E-state index in [0.29, 0.717) is 4.88 Å². The van der Waals surface area contributed by atoms with E-state index in [0.717, 1.165) is 30.6 Å². The van der Waals surface area contributed by atoms with Crippen LogP contribution >= 0.6 is 11.3 Å². The standard InChI is InChI=1S/C17H27NO4S2/c1-11-14(7-13(23-11)15(19)20)24(21,22)18(6)12-8-16(2,3)10-17(4,5)9-12/h7,12H,8-10H2,1-6H3,(H,19,20). The van der Waals surface area contributed by atoms with Crippen molar-refractivity contribution in [3.05, 3.63) is 15.8 Å². The molecule has 0 aromatic carbocycles. The fourth-order valence-corrected chi connectivity index (χ4v) is 6.97. The lowest BCUT2D eigenvalue weighted by atomic mass is 9.63. The molecule has 2 rings (SSSR count). The smallest absolute Gasteiger partial charge is 0.345 e. The topological polar surface area (TPSA) is 74.7 Å². The van der Waals surface area contributed by atoms with Crippen LogP contribution in [-0.4, -0.2) is 36.9 Å².